The van der Waals surface area contributed by atoms with E-state index in [1.165, 1.54) is 5.56 Å². The molecule has 1 unspecified atom stereocenters. The van der Waals surface area contributed by atoms with Crippen molar-refractivity contribution in [3.8, 4) is 0 Å². The summed E-state index contributed by atoms with van der Waals surface area (Å²) in [6.07, 6.45) is 0. The van der Waals surface area contributed by atoms with Gasteiger partial charge in [0.15, 0.2) is 0 Å². The highest BCUT2D eigenvalue weighted by atomic mass is 79.9. The molecule has 0 aliphatic heterocycles. The average molecular weight is 336 g/mol. The largest absolute Gasteiger partial charge is 0.459 e. The van der Waals surface area contributed by atoms with Crippen LogP contribution >= 0.6 is 27.3 Å². The van der Waals surface area contributed by atoms with E-state index in [0.717, 1.165) is 31.0 Å². The number of furan rings is 1. The Morgan fingerprint density at radius 2 is 2.00 bits per heavy atom. The van der Waals surface area contributed by atoms with Crippen LogP contribution in [0.1, 0.15) is 27.8 Å². The van der Waals surface area contributed by atoms with Crippen molar-refractivity contribution in [2.75, 3.05) is 0 Å². The number of rotatable bonds is 2. The van der Waals surface area contributed by atoms with E-state index in [1.54, 1.807) is 11.3 Å². The Morgan fingerprint density at radius 1 is 1.21 bits per heavy atom. The molecular weight excluding hydrogens is 322 g/mol. The van der Waals surface area contributed by atoms with Gasteiger partial charge in [-0.2, -0.15) is 0 Å². The smallest absolute Gasteiger partial charge is 0.137 e. The molecule has 98 valence electrons. The molecule has 2 heterocycles. The van der Waals surface area contributed by atoms with Crippen molar-refractivity contribution < 1.29 is 4.42 Å². The fourth-order valence-electron chi connectivity index (χ4n) is 2.16. The summed E-state index contributed by atoms with van der Waals surface area (Å²) in [7, 11) is 0. The van der Waals surface area contributed by atoms with Gasteiger partial charge in [0.2, 0.25) is 0 Å². The third-order valence-electron chi connectivity index (χ3n) is 3.25. The highest BCUT2D eigenvalue weighted by Gasteiger charge is 2.17. The number of halogens is 1. The second-order valence-corrected chi connectivity index (χ2v) is 7.13. The molecule has 3 aromatic rings. The molecule has 2 nitrogen and oxygen atoms in total. The van der Waals surface area contributed by atoms with Crippen LogP contribution in [0.25, 0.3) is 11.0 Å². The van der Waals surface area contributed by atoms with E-state index in [4.69, 9.17) is 10.2 Å². The molecule has 1 aromatic carbocycles. The molecule has 0 saturated carbocycles. The zero-order valence-electron chi connectivity index (χ0n) is 10.7. The standard InChI is InChI=1S/C15H14BrNOS/c1-8-4-3-5-10-7-11(18-14(8)10)13(17)12-6-9(2)15(16)19-12/h3-7,13H,17H2,1-2H3. The first-order chi connectivity index (χ1) is 9.06. The number of nitrogens with two attached hydrogens (primary N) is 1. The van der Waals surface area contributed by atoms with Gasteiger partial charge in [-0.25, -0.2) is 0 Å². The highest BCUT2D eigenvalue weighted by Crippen LogP contribution is 2.35. The first-order valence-corrected chi connectivity index (χ1v) is 7.67. The van der Waals surface area contributed by atoms with Crippen molar-refractivity contribution >= 4 is 38.2 Å². The highest BCUT2D eigenvalue weighted by molar-refractivity contribution is 9.11. The maximum atomic E-state index is 6.31. The zero-order valence-corrected chi connectivity index (χ0v) is 13.1. The first-order valence-electron chi connectivity index (χ1n) is 6.06. The van der Waals surface area contributed by atoms with Gasteiger partial charge in [0.25, 0.3) is 0 Å². The molecule has 0 saturated heterocycles. The first kappa shape index (κ1) is 12.9. The van der Waals surface area contributed by atoms with Gasteiger partial charge < -0.3 is 10.2 Å². The van der Waals surface area contributed by atoms with Crippen LogP contribution in [0.2, 0.25) is 0 Å². The summed E-state index contributed by atoms with van der Waals surface area (Å²) in [5.41, 5.74) is 9.59. The van der Waals surface area contributed by atoms with Crippen LogP contribution in [0.3, 0.4) is 0 Å². The normalized spacial score (nSPS) is 13.1. The lowest BCUT2D eigenvalue weighted by molar-refractivity contribution is 0.526. The minimum absolute atomic E-state index is 0.207. The number of hydrogen-bond donors (Lipinski definition) is 1. The Hall–Kier alpha value is -1.10. The summed E-state index contributed by atoms with van der Waals surface area (Å²) in [6.45, 7) is 4.12. The van der Waals surface area contributed by atoms with E-state index in [2.05, 4.69) is 35.0 Å². The predicted octanol–water partition coefficient (Wildman–Crippen LogP) is 4.92. The van der Waals surface area contributed by atoms with E-state index >= 15 is 0 Å². The maximum absolute atomic E-state index is 6.31. The van der Waals surface area contributed by atoms with Crippen molar-refractivity contribution in [2.45, 2.75) is 19.9 Å². The van der Waals surface area contributed by atoms with Gasteiger partial charge in [0.1, 0.15) is 11.3 Å². The molecule has 2 N–H and O–H groups in total. The monoisotopic (exact) mass is 335 g/mol. The van der Waals surface area contributed by atoms with Gasteiger partial charge in [0.05, 0.1) is 9.83 Å². The molecule has 0 fully saturated rings. The van der Waals surface area contributed by atoms with E-state index in [1.807, 2.05) is 25.1 Å². The Morgan fingerprint density at radius 3 is 2.63 bits per heavy atom. The van der Waals surface area contributed by atoms with Gasteiger partial charge in [0, 0.05) is 10.3 Å². The van der Waals surface area contributed by atoms with Crippen LogP contribution in [0, 0.1) is 13.8 Å². The van der Waals surface area contributed by atoms with Gasteiger partial charge in [-0.1, -0.05) is 18.2 Å². The molecule has 2 aromatic heterocycles. The Labute approximate surface area is 124 Å². The van der Waals surface area contributed by atoms with Crippen molar-refractivity contribution in [3.63, 3.8) is 0 Å². The van der Waals surface area contributed by atoms with Gasteiger partial charge in [-0.3, -0.25) is 0 Å². The number of benzene rings is 1. The summed E-state index contributed by atoms with van der Waals surface area (Å²) in [5.74, 6) is 0.818. The predicted molar refractivity (Wildman–Crippen MR) is 83.7 cm³/mol. The van der Waals surface area contributed by atoms with Crippen LogP contribution in [0.15, 0.2) is 38.5 Å². The minimum atomic E-state index is -0.207. The van der Waals surface area contributed by atoms with Gasteiger partial charge in [-0.15, -0.1) is 11.3 Å². The summed E-state index contributed by atoms with van der Waals surface area (Å²) < 4.78 is 7.06. The van der Waals surface area contributed by atoms with Crippen molar-refractivity contribution in [2.24, 2.45) is 5.73 Å². The minimum Gasteiger partial charge on any atom is -0.459 e. The number of para-hydroxylation sites is 1. The maximum Gasteiger partial charge on any atom is 0.137 e. The van der Waals surface area contributed by atoms with E-state index in [0.29, 0.717) is 0 Å². The fraction of sp³-hybridized carbons (Fsp3) is 0.200. The average Bonchev–Trinajstić information content (AvgIpc) is 2.94. The third-order valence-corrected chi connectivity index (χ3v) is 5.47. The number of fused-ring (bicyclic) bond motifs is 1. The fourth-order valence-corrected chi connectivity index (χ4v) is 3.74. The zero-order chi connectivity index (χ0) is 13.6. The molecule has 0 aliphatic rings. The summed E-state index contributed by atoms with van der Waals surface area (Å²) >= 11 is 5.20. The molecule has 0 aliphatic carbocycles. The third kappa shape index (κ3) is 2.24. The molecule has 1 atom stereocenters. The van der Waals surface area contributed by atoms with E-state index < -0.39 is 0 Å². The molecule has 4 heteroatoms. The molecule has 0 spiro atoms. The van der Waals surface area contributed by atoms with Crippen LogP contribution in [-0.4, -0.2) is 0 Å². The Balaban J connectivity index is 2.06. The van der Waals surface area contributed by atoms with Crippen LogP contribution < -0.4 is 5.73 Å². The van der Waals surface area contributed by atoms with Crippen molar-refractivity contribution in [3.05, 3.63) is 55.9 Å². The molecule has 3 rings (SSSR count). The second kappa shape index (κ2) is 4.78. The van der Waals surface area contributed by atoms with Gasteiger partial charge in [-0.05, 0) is 53.0 Å². The molecule has 0 bridgehead atoms. The Bertz CT molecular complexity index is 724. The Kier molecular flexibility index (Phi) is 3.25. The van der Waals surface area contributed by atoms with Crippen LogP contribution in [-0.2, 0) is 0 Å². The van der Waals surface area contributed by atoms with E-state index in [-0.39, 0.29) is 6.04 Å². The lowest BCUT2D eigenvalue weighted by Crippen LogP contribution is -2.08. The van der Waals surface area contributed by atoms with E-state index in [9.17, 15) is 0 Å². The topological polar surface area (TPSA) is 39.2 Å². The number of aryl methyl sites for hydroxylation is 2. The van der Waals surface area contributed by atoms with Crippen LogP contribution in [0.4, 0.5) is 0 Å². The lowest BCUT2D eigenvalue weighted by atomic mass is 10.1. The summed E-state index contributed by atoms with van der Waals surface area (Å²) in [6, 6.07) is 10.1. The molecular formula is C15H14BrNOS. The van der Waals surface area contributed by atoms with Crippen LogP contribution in [0.5, 0.6) is 0 Å². The molecule has 19 heavy (non-hydrogen) atoms. The lowest BCUT2D eigenvalue weighted by Gasteiger charge is -2.04. The molecule has 0 amide bonds. The summed E-state index contributed by atoms with van der Waals surface area (Å²) in [4.78, 5) is 1.11. The quantitative estimate of drug-likeness (QED) is 0.721. The van der Waals surface area contributed by atoms with Crippen molar-refractivity contribution in [1.29, 1.82) is 0 Å². The number of hydrogen-bond acceptors (Lipinski definition) is 3. The second-order valence-electron chi connectivity index (χ2n) is 4.73. The summed E-state index contributed by atoms with van der Waals surface area (Å²) in [5, 5.41) is 1.11. The van der Waals surface area contributed by atoms with Crippen molar-refractivity contribution in [1.82, 2.24) is 0 Å². The van der Waals surface area contributed by atoms with Gasteiger partial charge >= 0.3 is 0 Å². The SMILES string of the molecule is Cc1cc(C(N)c2cc3cccc(C)c3o2)sc1Br. The molecule has 0 radical (unpaired) electrons. The number of thiophene rings is 1.